The average molecular weight is 230 g/mol. The second kappa shape index (κ2) is 4.66. The van der Waals surface area contributed by atoms with Crippen LogP contribution < -0.4 is 10.9 Å². The van der Waals surface area contributed by atoms with Gasteiger partial charge in [0.15, 0.2) is 5.82 Å². The number of aromatic amines is 1. The number of hydrogen-bond donors (Lipinski definition) is 2. The number of alkyl halides is 1. The van der Waals surface area contributed by atoms with Gasteiger partial charge in [-0.05, 0) is 12.8 Å². The van der Waals surface area contributed by atoms with Crippen LogP contribution in [0, 0.1) is 5.92 Å². The lowest BCUT2D eigenvalue weighted by molar-refractivity contribution is 0.410. The van der Waals surface area contributed by atoms with Crippen LogP contribution >= 0.6 is 11.6 Å². The zero-order chi connectivity index (χ0) is 11.5. The molecule has 0 saturated heterocycles. The van der Waals surface area contributed by atoms with Gasteiger partial charge in [0.25, 0.3) is 5.56 Å². The van der Waals surface area contributed by atoms with Gasteiger partial charge in [0.05, 0.1) is 5.54 Å². The Hall–Kier alpha value is -1.03. The normalized spacial score (nSPS) is 15.0. The minimum atomic E-state index is -0.330. The maximum Gasteiger partial charge on any atom is 0.290 e. The highest BCUT2D eigenvalue weighted by molar-refractivity contribution is 6.18. The maximum absolute atomic E-state index is 11.4. The molecule has 1 atom stereocenters. The molecule has 0 aliphatic rings. The summed E-state index contributed by atoms with van der Waals surface area (Å²) in [5.41, 5.74) is -0.558. The third-order valence-electron chi connectivity index (χ3n) is 2.66. The molecule has 1 aromatic rings. The monoisotopic (exact) mass is 229 g/mol. The van der Waals surface area contributed by atoms with E-state index in [0.717, 1.165) is 0 Å². The summed E-state index contributed by atoms with van der Waals surface area (Å²) >= 11 is 5.90. The van der Waals surface area contributed by atoms with E-state index in [1.165, 1.54) is 6.20 Å². The summed E-state index contributed by atoms with van der Waals surface area (Å²) in [5, 5.41) is 3.09. The van der Waals surface area contributed by atoms with Gasteiger partial charge in [-0.3, -0.25) is 4.79 Å². The maximum atomic E-state index is 11.4. The highest BCUT2D eigenvalue weighted by atomic mass is 35.5. The van der Waals surface area contributed by atoms with E-state index in [4.69, 9.17) is 11.6 Å². The molecule has 0 spiro atoms. The van der Waals surface area contributed by atoms with E-state index in [1.54, 1.807) is 6.20 Å². The molecule has 0 amide bonds. The first-order valence-corrected chi connectivity index (χ1v) is 5.41. The van der Waals surface area contributed by atoms with Crippen molar-refractivity contribution in [1.82, 2.24) is 9.97 Å². The fraction of sp³-hybridized carbons (Fsp3) is 0.600. The first-order chi connectivity index (χ1) is 6.99. The van der Waals surface area contributed by atoms with Gasteiger partial charge in [-0.25, -0.2) is 4.98 Å². The molecule has 4 nitrogen and oxygen atoms in total. The molecule has 0 radical (unpaired) electrons. The quantitative estimate of drug-likeness (QED) is 0.775. The second-order valence-electron chi connectivity index (χ2n) is 4.10. The Morgan fingerprint density at radius 2 is 2.33 bits per heavy atom. The lowest BCUT2D eigenvalue weighted by Crippen LogP contribution is -2.44. The number of nitrogens with one attached hydrogen (secondary N) is 2. The second-order valence-corrected chi connectivity index (χ2v) is 4.36. The van der Waals surface area contributed by atoms with Gasteiger partial charge >= 0.3 is 0 Å². The molecule has 1 rings (SSSR count). The van der Waals surface area contributed by atoms with Crippen molar-refractivity contribution in [3.05, 3.63) is 22.7 Å². The van der Waals surface area contributed by atoms with E-state index in [2.05, 4.69) is 15.3 Å². The first-order valence-electron chi connectivity index (χ1n) is 4.87. The fourth-order valence-electron chi connectivity index (χ4n) is 1.04. The Kier molecular flexibility index (Phi) is 3.74. The molecule has 5 heteroatoms. The van der Waals surface area contributed by atoms with Gasteiger partial charge in [-0.15, -0.1) is 11.6 Å². The van der Waals surface area contributed by atoms with E-state index in [-0.39, 0.29) is 11.1 Å². The standard InChI is InChI=1S/C10H16ClN3O/c1-7(2)10(3,6-11)14-8-9(15)13-5-4-12-8/h4-5,7H,6H2,1-3H3,(H,12,14)(H,13,15). The van der Waals surface area contributed by atoms with Crippen LogP contribution in [-0.4, -0.2) is 21.4 Å². The van der Waals surface area contributed by atoms with Crippen molar-refractivity contribution in [2.75, 3.05) is 11.2 Å². The Morgan fingerprint density at radius 1 is 1.67 bits per heavy atom. The summed E-state index contributed by atoms with van der Waals surface area (Å²) in [6, 6.07) is 0. The fourth-order valence-corrected chi connectivity index (χ4v) is 1.42. The van der Waals surface area contributed by atoms with Gasteiger partial charge < -0.3 is 10.3 Å². The summed E-state index contributed by atoms with van der Waals surface area (Å²) in [6.07, 6.45) is 3.04. The molecule has 2 N–H and O–H groups in total. The number of halogens is 1. The number of rotatable bonds is 4. The molecule has 0 aliphatic carbocycles. The van der Waals surface area contributed by atoms with Crippen LogP contribution in [0.2, 0.25) is 0 Å². The van der Waals surface area contributed by atoms with Crippen molar-refractivity contribution in [3.63, 3.8) is 0 Å². The molecule has 0 saturated carbocycles. The molecular weight excluding hydrogens is 214 g/mol. The summed E-state index contributed by atoms with van der Waals surface area (Å²) in [7, 11) is 0. The van der Waals surface area contributed by atoms with E-state index in [0.29, 0.717) is 17.6 Å². The van der Waals surface area contributed by atoms with Crippen LogP contribution in [0.1, 0.15) is 20.8 Å². The number of hydrogen-bond acceptors (Lipinski definition) is 3. The summed E-state index contributed by atoms with van der Waals surface area (Å²) in [6.45, 7) is 6.07. The molecule has 0 aromatic carbocycles. The number of H-pyrrole nitrogens is 1. The summed E-state index contributed by atoms with van der Waals surface area (Å²) in [4.78, 5) is 18.0. The number of nitrogens with zero attached hydrogens (tertiary/aromatic N) is 1. The molecule has 1 heterocycles. The number of anilines is 1. The summed E-state index contributed by atoms with van der Waals surface area (Å²) < 4.78 is 0. The van der Waals surface area contributed by atoms with E-state index in [9.17, 15) is 4.79 Å². The molecule has 1 unspecified atom stereocenters. The SMILES string of the molecule is CC(C)C(C)(CCl)Nc1ncc[nH]c1=O. The molecule has 0 bridgehead atoms. The molecular formula is C10H16ClN3O. The Labute approximate surface area is 94.1 Å². The van der Waals surface area contributed by atoms with Gasteiger partial charge in [0.2, 0.25) is 0 Å². The van der Waals surface area contributed by atoms with Gasteiger partial charge in [0, 0.05) is 18.3 Å². The lowest BCUT2D eigenvalue weighted by Gasteiger charge is -2.32. The molecule has 1 aromatic heterocycles. The van der Waals surface area contributed by atoms with Crippen LogP contribution in [0.3, 0.4) is 0 Å². The molecule has 84 valence electrons. The Balaban J connectivity index is 2.94. The third kappa shape index (κ3) is 2.72. The van der Waals surface area contributed by atoms with Crippen molar-refractivity contribution < 1.29 is 0 Å². The third-order valence-corrected chi connectivity index (χ3v) is 3.22. The highest BCUT2D eigenvalue weighted by Gasteiger charge is 2.28. The molecule has 0 fully saturated rings. The Bertz CT molecular complexity index is 377. The van der Waals surface area contributed by atoms with Gasteiger partial charge in [-0.1, -0.05) is 13.8 Å². The van der Waals surface area contributed by atoms with Crippen LogP contribution in [0.25, 0.3) is 0 Å². The summed E-state index contributed by atoms with van der Waals surface area (Å²) in [5.74, 6) is 1.03. The molecule has 15 heavy (non-hydrogen) atoms. The van der Waals surface area contributed by atoms with Gasteiger partial charge in [-0.2, -0.15) is 0 Å². The van der Waals surface area contributed by atoms with Crippen LogP contribution in [0.5, 0.6) is 0 Å². The van der Waals surface area contributed by atoms with Crippen LogP contribution in [-0.2, 0) is 0 Å². The van der Waals surface area contributed by atoms with Crippen molar-refractivity contribution in [1.29, 1.82) is 0 Å². The van der Waals surface area contributed by atoms with Crippen molar-refractivity contribution in [2.45, 2.75) is 26.3 Å². The lowest BCUT2D eigenvalue weighted by atomic mass is 9.90. The van der Waals surface area contributed by atoms with Crippen molar-refractivity contribution >= 4 is 17.4 Å². The topological polar surface area (TPSA) is 57.8 Å². The zero-order valence-electron chi connectivity index (χ0n) is 9.17. The van der Waals surface area contributed by atoms with Crippen LogP contribution in [0.15, 0.2) is 17.2 Å². The van der Waals surface area contributed by atoms with Crippen LogP contribution in [0.4, 0.5) is 5.82 Å². The molecule has 0 aliphatic heterocycles. The van der Waals surface area contributed by atoms with E-state index < -0.39 is 0 Å². The van der Waals surface area contributed by atoms with Gasteiger partial charge in [0.1, 0.15) is 0 Å². The predicted molar refractivity (Wildman–Crippen MR) is 62.4 cm³/mol. The average Bonchev–Trinajstić information content (AvgIpc) is 2.21. The Morgan fingerprint density at radius 3 is 2.80 bits per heavy atom. The van der Waals surface area contributed by atoms with E-state index >= 15 is 0 Å². The minimum absolute atomic E-state index is 0.227. The largest absolute Gasteiger partial charge is 0.359 e. The first kappa shape index (κ1) is 12.0. The van der Waals surface area contributed by atoms with Crippen molar-refractivity contribution in [3.8, 4) is 0 Å². The smallest absolute Gasteiger partial charge is 0.290 e. The zero-order valence-corrected chi connectivity index (χ0v) is 9.93. The minimum Gasteiger partial charge on any atom is -0.359 e. The van der Waals surface area contributed by atoms with E-state index in [1.807, 2.05) is 20.8 Å². The predicted octanol–water partition coefficient (Wildman–Crippen LogP) is 1.84. The van der Waals surface area contributed by atoms with Crippen molar-refractivity contribution in [2.24, 2.45) is 5.92 Å². The number of aromatic nitrogens is 2. The highest BCUT2D eigenvalue weighted by Crippen LogP contribution is 2.21.